The molecule has 0 radical (unpaired) electrons. The van der Waals surface area contributed by atoms with Gasteiger partial charge in [0.1, 0.15) is 5.65 Å². The highest BCUT2D eigenvalue weighted by atomic mass is 31.0. The molecule has 1 unspecified atom stereocenters. The lowest BCUT2D eigenvalue weighted by Crippen LogP contribution is -1.90. The zero-order valence-electron chi connectivity index (χ0n) is 5.70. The summed E-state index contributed by atoms with van der Waals surface area (Å²) in [6.07, 6.45) is 1.70. The van der Waals surface area contributed by atoms with Gasteiger partial charge in [-0.3, -0.25) is 0 Å². The molecule has 4 heteroatoms. The number of hydrogen-bond acceptors (Lipinski definition) is 2. The summed E-state index contributed by atoms with van der Waals surface area (Å²) < 4.78 is 0. The Morgan fingerprint density at radius 1 is 1.55 bits per heavy atom. The van der Waals surface area contributed by atoms with Crippen molar-refractivity contribution in [1.82, 2.24) is 9.97 Å². The fourth-order valence-electron chi connectivity index (χ4n) is 1.03. The number of aromatic hydroxyl groups is 1. The van der Waals surface area contributed by atoms with Crippen molar-refractivity contribution in [2.75, 3.05) is 0 Å². The molecule has 2 aromatic rings. The average molecular weight is 166 g/mol. The Morgan fingerprint density at radius 3 is 3.09 bits per heavy atom. The quantitative estimate of drug-likeness (QED) is 0.568. The molecule has 0 spiro atoms. The predicted molar refractivity (Wildman–Crippen MR) is 47.1 cm³/mol. The molecule has 11 heavy (non-hydrogen) atoms. The minimum Gasteiger partial charge on any atom is -0.495 e. The van der Waals surface area contributed by atoms with Crippen LogP contribution in [0.3, 0.4) is 0 Å². The summed E-state index contributed by atoms with van der Waals surface area (Å²) in [5, 5.41) is 11.0. The van der Waals surface area contributed by atoms with E-state index in [0.29, 0.717) is 0 Å². The van der Waals surface area contributed by atoms with Crippen LogP contribution in [-0.4, -0.2) is 15.1 Å². The van der Waals surface area contributed by atoms with E-state index in [1.807, 2.05) is 6.07 Å². The van der Waals surface area contributed by atoms with Crippen molar-refractivity contribution in [1.29, 1.82) is 0 Å². The topological polar surface area (TPSA) is 48.9 Å². The summed E-state index contributed by atoms with van der Waals surface area (Å²) in [7, 11) is 2.59. The first-order valence-electron chi connectivity index (χ1n) is 3.19. The number of aromatic amines is 1. The van der Waals surface area contributed by atoms with Gasteiger partial charge in [-0.2, -0.15) is 0 Å². The van der Waals surface area contributed by atoms with E-state index in [0.717, 1.165) is 16.3 Å². The van der Waals surface area contributed by atoms with Crippen molar-refractivity contribution >= 4 is 25.6 Å². The molecule has 2 rings (SSSR count). The van der Waals surface area contributed by atoms with Gasteiger partial charge in [0.15, 0.2) is 5.88 Å². The smallest absolute Gasteiger partial charge is 0.190 e. The molecular formula is C7H7N2OP. The van der Waals surface area contributed by atoms with Crippen LogP contribution >= 0.6 is 9.24 Å². The van der Waals surface area contributed by atoms with Gasteiger partial charge in [0, 0.05) is 17.6 Å². The molecule has 0 aliphatic carbocycles. The summed E-state index contributed by atoms with van der Waals surface area (Å²) >= 11 is 0. The average Bonchev–Trinajstić information content (AvgIpc) is 2.31. The van der Waals surface area contributed by atoms with Gasteiger partial charge >= 0.3 is 0 Å². The lowest BCUT2D eigenvalue weighted by Gasteiger charge is -1.90. The second kappa shape index (κ2) is 2.21. The van der Waals surface area contributed by atoms with Crippen LogP contribution in [0, 0.1) is 0 Å². The summed E-state index contributed by atoms with van der Waals surface area (Å²) in [5.74, 6) is 0.155. The van der Waals surface area contributed by atoms with Crippen LogP contribution in [0.1, 0.15) is 0 Å². The molecule has 0 bridgehead atoms. The van der Waals surface area contributed by atoms with E-state index in [4.69, 9.17) is 5.11 Å². The molecule has 0 aromatic carbocycles. The molecule has 0 saturated carbocycles. The van der Waals surface area contributed by atoms with E-state index in [1.54, 1.807) is 12.3 Å². The number of nitrogens with zero attached hydrogens (tertiary/aromatic N) is 1. The SMILES string of the molecule is Oc1cc2c(P)ccnc2[nH]1. The third kappa shape index (κ3) is 0.976. The van der Waals surface area contributed by atoms with E-state index in [1.165, 1.54) is 0 Å². The molecule has 0 fully saturated rings. The summed E-state index contributed by atoms with van der Waals surface area (Å²) in [5.41, 5.74) is 0.718. The minimum absolute atomic E-state index is 0.155. The van der Waals surface area contributed by atoms with E-state index in [2.05, 4.69) is 19.2 Å². The first kappa shape index (κ1) is 6.62. The number of hydrogen-bond donors (Lipinski definition) is 2. The molecule has 1 atom stereocenters. The number of rotatable bonds is 0. The van der Waals surface area contributed by atoms with Crippen molar-refractivity contribution in [2.45, 2.75) is 0 Å². The number of aromatic nitrogens is 2. The maximum Gasteiger partial charge on any atom is 0.190 e. The van der Waals surface area contributed by atoms with Crippen LogP contribution in [0.25, 0.3) is 11.0 Å². The van der Waals surface area contributed by atoms with Crippen molar-refractivity contribution in [2.24, 2.45) is 0 Å². The van der Waals surface area contributed by atoms with Gasteiger partial charge in [-0.1, -0.05) is 0 Å². The second-order valence-electron chi connectivity index (χ2n) is 2.32. The highest BCUT2D eigenvalue weighted by Gasteiger charge is 2.00. The van der Waals surface area contributed by atoms with Crippen LogP contribution in [0.4, 0.5) is 0 Å². The van der Waals surface area contributed by atoms with Gasteiger partial charge in [-0.05, 0) is 11.4 Å². The van der Waals surface area contributed by atoms with Crippen molar-refractivity contribution in [3.63, 3.8) is 0 Å². The molecule has 2 aromatic heterocycles. The van der Waals surface area contributed by atoms with E-state index in [9.17, 15) is 0 Å². The first-order chi connectivity index (χ1) is 5.27. The van der Waals surface area contributed by atoms with E-state index < -0.39 is 0 Å². The predicted octanol–water partition coefficient (Wildman–Crippen LogP) is 0.769. The molecule has 0 aliphatic rings. The number of pyridine rings is 1. The minimum atomic E-state index is 0.155. The van der Waals surface area contributed by atoms with Gasteiger partial charge in [0.2, 0.25) is 0 Å². The van der Waals surface area contributed by atoms with Crippen molar-refractivity contribution in [3.8, 4) is 5.88 Å². The third-order valence-corrected chi connectivity index (χ3v) is 2.05. The zero-order chi connectivity index (χ0) is 7.84. The van der Waals surface area contributed by atoms with Crippen LogP contribution in [0.15, 0.2) is 18.3 Å². The summed E-state index contributed by atoms with van der Waals surface area (Å²) in [6.45, 7) is 0. The zero-order valence-corrected chi connectivity index (χ0v) is 6.86. The molecule has 0 amide bonds. The maximum absolute atomic E-state index is 9.08. The van der Waals surface area contributed by atoms with Crippen LogP contribution in [-0.2, 0) is 0 Å². The van der Waals surface area contributed by atoms with Crippen LogP contribution < -0.4 is 5.30 Å². The molecular weight excluding hydrogens is 159 g/mol. The third-order valence-electron chi connectivity index (χ3n) is 1.55. The maximum atomic E-state index is 9.08. The largest absolute Gasteiger partial charge is 0.495 e. The standard InChI is InChI=1S/C7H7N2OP/c10-6-3-4-5(11)1-2-8-7(4)9-6/h1-3,10H,11H2,(H,8,9). The van der Waals surface area contributed by atoms with Crippen LogP contribution in [0.2, 0.25) is 0 Å². The lowest BCUT2D eigenvalue weighted by atomic mass is 10.3. The Balaban J connectivity index is 2.90. The monoisotopic (exact) mass is 166 g/mol. The van der Waals surface area contributed by atoms with Gasteiger partial charge in [0.05, 0.1) is 0 Å². The number of H-pyrrole nitrogens is 1. The number of nitrogens with one attached hydrogen (secondary N) is 1. The highest BCUT2D eigenvalue weighted by molar-refractivity contribution is 7.28. The molecule has 0 aliphatic heterocycles. The fourth-order valence-corrected chi connectivity index (χ4v) is 1.34. The second-order valence-corrected chi connectivity index (χ2v) is 2.94. The lowest BCUT2D eigenvalue weighted by molar-refractivity contribution is 0.458. The first-order valence-corrected chi connectivity index (χ1v) is 3.77. The number of fused-ring (bicyclic) bond motifs is 1. The fraction of sp³-hybridized carbons (Fsp3) is 0. The molecule has 2 N–H and O–H groups in total. The molecule has 2 heterocycles. The van der Waals surface area contributed by atoms with E-state index in [-0.39, 0.29) is 5.88 Å². The van der Waals surface area contributed by atoms with E-state index >= 15 is 0 Å². The van der Waals surface area contributed by atoms with Gasteiger partial charge in [-0.25, -0.2) is 4.98 Å². The summed E-state index contributed by atoms with van der Waals surface area (Å²) in [4.78, 5) is 6.76. The normalized spacial score (nSPS) is 10.6. The van der Waals surface area contributed by atoms with Gasteiger partial charge < -0.3 is 10.1 Å². The van der Waals surface area contributed by atoms with Gasteiger partial charge in [0.25, 0.3) is 0 Å². The van der Waals surface area contributed by atoms with Crippen molar-refractivity contribution < 1.29 is 5.11 Å². The Morgan fingerprint density at radius 2 is 2.36 bits per heavy atom. The Labute approximate surface area is 65.7 Å². The van der Waals surface area contributed by atoms with Gasteiger partial charge in [-0.15, -0.1) is 9.24 Å². The van der Waals surface area contributed by atoms with Crippen LogP contribution in [0.5, 0.6) is 5.88 Å². The Bertz CT molecular complexity index is 396. The highest BCUT2D eigenvalue weighted by Crippen LogP contribution is 2.16. The molecule has 0 saturated heterocycles. The summed E-state index contributed by atoms with van der Waals surface area (Å²) in [6, 6.07) is 3.53. The van der Waals surface area contributed by atoms with Crippen molar-refractivity contribution in [3.05, 3.63) is 18.3 Å². The molecule has 56 valence electrons. The Hall–Kier alpha value is -1.08. The Kier molecular flexibility index (Phi) is 1.33. The molecule has 3 nitrogen and oxygen atoms in total.